The fraction of sp³-hybridized carbons (Fsp3) is 0.179. The van der Waals surface area contributed by atoms with Crippen molar-refractivity contribution < 1.29 is 13.9 Å². The molecule has 11 heteroatoms. The Morgan fingerprint density at radius 1 is 0.949 bits per heavy atom. The van der Waals surface area contributed by atoms with Crippen LogP contribution in [0.2, 0.25) is 0 Å². The van der Waals surface area contributed by atoms with Crippen molar-refractivity contribution in [2.24, 2.45) is 5.92 Å². The highest BCUT2D eigenvalue weighted by atomic mass is 19.1. The molecule has 0 fully saturated rings. The third-order valence-corrected chi connectivity index (χ3v) is 6.31. The molecule has 5 heterocycles. The first-order valence-corrected chi connectivity index (χ1v) is 12.4. The number of H-pyrrole nitrogens is 2. The second-order valence-electron chi connectivity index (χ2n) is 9.69. The largest absolute Gasteiger partial charge is 0.374 e. The standard InChI is InChI=1S/C28H24F2N8O/c1-14(2)8-21(39)34-18-10-16(11-31-12-18)24-23(30)22-20(13-33-24)37-38-27(22)28-35-19-6-7-32-25(26(19)36-28)15-4-3-5-17(29)9-15/h3-7,9-14,21,34,39H,8H2,1-2H3,(H,35,36)(H,37,38). The fourth-order valence-corrected chi connectivity index (χ4v) is 4.59. The number of nitrogens with one attached hydrogen (secondary N) is 3. The third kappa shape index (κ3) is 4.68. The predicted octanol–water partition coefficient (Wildman–Crippen LogP) is 5.68. The molecular formula is C28H24F2N8O. The molecule has 6 rings (SSSR count). The van der Waals surface area contributed by atoms with E-state index in [1.807, 2.05) is 13.8 Å². The highest BCUT2D eigenvalue weighted by molar-refractivity contribution is 5.97. The first kappa shape index (κ1) is 24.6. The Balaban J connectivity index is 1.42. The van der Waals surface area contributed by atoms with E-state index < -0.39 is 12.0 Å². The van der Waals surface area contributed by atoms with Gasteiger partial charge >= 0.3 is 0 Å². The lowest BCUT2D eigenvalue weighted by molar-refractivity contribution is 0.176. The number of nitrogens with zero attached hydrogens (tertiary/aromatic N) is 5. The number of aliphatic hydroxyl groups excluding tert-OH is 1. The summed E-state index contributed by atoms with van der Waals surface area (Å²) in [7, 11) is 0. The second-order valence-corrected chi connectivity index (χ2v) is 9.69. The molecule has 9 nitrogen and oxygen atoms in total. The Bertz CT molecular complexity index is 1810. The summed E-state index contributed by atoms with van der Waals surface area (Å²) in [4.78, 5) is 20.8. The maximum Gasteiger partial charge on any atom is 0.161 e. The summed E-state index contributed by atoms with van der Waals surface area (Å²) in [5.41, 5.74) is 3.94. The van der Waals surface area contributed by atoms with Crippen LogP contribution in [0.3, 0.4) is 0 Å². The minimum Gasteiger partial charge on any atom is -0.374 e. The summed E-state index contributed by atoms with van der Waals surface area (Å²) in [5.74, 6) is -0.362. The third-order valence-electron chi connectivity index (χ3n) is 6.31. The molecule has 1 atom stereocenters. The van der Waals surface area contributed by atoms with E-state index in [4.69, 9.17) is 0 Å². The smallest absolute Gasteiger partial charge is 0.161 e. The number of rotatable bonds is 7. The Labute approximate surface area is 221 Å². The van der Waals surface area contributed by atoms with Crippen molar-refractivity contribution in [3.05, 3.63) is 72.8 Å². The zero-order chi connectivity index (χ0) is 27.1. The molecule has 0 saturated heterocycles. The van der Waals surface area contributed by atoms with Crippen molar-refractivity contribution in [1.82, 2.24) is 35.1 Å². The number of hydrogen-bond donors (Lipinski definition) is 4. The number of halogens is 2. The number of benzene rings is 1. The SMILES string of the molecule is CC(C)CC(O)Nc1cncc(-c2ncc3[nH]nc(-c4nc5c(-c6cccc(F)c6)nccc5[nH]4)c3c2F)c1. The van der Waals surface area contributed by atoms with Crippen LogP contribution in [0.1, 0.15) is 20.3 Å². The van der Waals surface area contributed by atoms with E-state index in [0.29, 0.717) is 57.2 Å². The van der Waals surface area contributed by atoms with Gasteiger partial charge in [0.05, 0.1) is 40.2 Å². The van der Waals surface area contributed by atoms with E-state index in [9.17, 15) is 9.50 Å². The number of fused-ring (bicyclic) bond motifs is 2. The van der Waals surface area contributed by atoms with Crippen LogP contribution in [0, 0.1) is 17.6 Å². The van der Waals surface area contributed by atoms with E-state index >= 15 is 4.39 Å². The normalized spacial score (nSPS) is 12.5. The number of aromatic amines is 2. The minimum atomic E-state index is -0.761. The number of hydrogen-bond acceptors (Lipinski definition) is 7. The summed E-state index contributed by atoms with van der Waals surface area (Å²) in [6, 6.07) is 9.53. The Morgan fingerprint density at radius 2 is 1.82 bits per heavy atom. The van der Waals surface area contributed by atoms with Gasteiger partial charge in [-0.15, -0.1) is 0 Å². The van der Waals surface area contributed by atoms with Gasteiger partial charge in [0.15, 0.2) is 11.6 Å². The van der Waals surface area contributed by atoms with Crippen molar-refractivity contribution in [3.8, 4) is 34.0 Å². The van der Waals surface area contributed by atoms with E-state index in [-0.39, 0.29) is 22.6 Å². The highest BCUT2D eigenvalue weighted by Crippen LogP contribution is 2.34. The Morgan fingerprint density at radius 3 is 2.64 bits per heavy atom. The average Bonchev–Trinajstić information content (AvgIpc) is 3.53. The fourth-order valence-electron chi connectivity index (χ4n) is 4.59. The van der Waals surface area contributed by atoms with Gasteiger partial charge in [-0.25, -0.2) is 13.8 Å². The predicted molar refractivity (Wildman–Crippen MR) is 144 cm³/mol. The molecule has 39 heavy (non-hydrogen) atoms. The summed E-state index contributed by atoms with van der Waals surface area (Å²) in [6.07, 6.45) is 5.96. The molecule has 1 aromatic carbocycles. The van der Waals surface area contributed by atoms with Gasteiger partial charge < -0.3 is 15.4 Å². The molecule has 0 radical (unpaired) electrons. The molecule has 4 N–H and O–H groups in total. The van der Waals surface area contributed by atoms with E-state index in [1.165, 1.54) is 24.5 Å². The maximum atomic E-state index is 16.0. The molecule has 6 aromatic rings. The lowest BCUT2D eigenvalue weighted by atomic mass is 10.1. The van der Waals surface area contributed by atoms with Crippen LogP contribution in [0.5, 0.6) is 0 Å². The molecule has 0 amide bonds. The topological polar surface area (TPSA) is 128 Å². The van der Waals surface area contributed by atoms with Gasteiger partial charge in [0.2, 0.25) is 0 Å². The van der Waals surface area contributed by atoms with Gasteiger partial charge in [-0.1, -0.05) is 26.0 Å². The number of aromatic nitrogens is 7. The molecule has 0 aliphatic heterocycles. The van der Waals surface area contributed by atoms with Crippen LogP contribution in [0.25, 0.3) is 56.0 Å². The van der Waals surface area contributed by atoms with E-state index in [1.54, 1.807) is 36.7 Å². The molecular weight excluding hydrogens is 502 g/mol. The van der Waals surface area contributed by atoms with Crippen molar-refractivity contribution in [1.29, 1.82) is 0 Å². The van der Waals surface area contributed by atoms with Crippen molar-refractivity contribution in [2.45, 2.75) is 26.5 Å². The molecule has 0 saturated carbocycles. The van der Waals surface area contributed by atoms with Crippen LogP contribution < -0.4 is 5.32 Å². The van der Waals surface area contributed by atoms with Gasteiger partial charge in [0, 0.05) is 23.5 Å². The molecule has 0 aliphatic carbocycles. The number of anilines is 1. The van der Waals surface area contributed by atoms with Crippen LogP contribution in [-0.4, -0.2) is 46.5 Å². The van der Waals surface area contributed by atoms with E-state index in [2.05, 4.69) is 40.4 Å². The molecule has 0 bridgehead atoms. The summed E-state index contributed by atoms with van der Waals surface area (Å²) < 4.78 is 29.9. The second kappa shape index (κ2) is 9.84. The van der Waals surface area contributed by atoms with Crippen LogP contribution >= 0.6 is 0 Å². The van der Waals surface area contributed by atoms with Crippen molar-refractivity contribution >= 4 is 27.6 Å². The van der Waals surface area contributed by atoms with E-state index in [0.717, 1.165) is 0 Å². The van der Waals surface area contributed by atoms with Crippen molar-refractivity contribution in [2.75, 3.05) is 5.32 Å². The highest BCUT2D eigenvalue weighted by Gasteiger charge is 2.22. The number of pyridine rings is 3. The van der Waals surface area contributed by atoms with Gasteiger partial charge in [-0.05, 0) is 36.6 Å². The monoisotopic (exact) mass is 526 g/mol. The van der Waals surface area contributed by atoms with Crippen LogP contribution in [0.15, 0.2) is 61.2 Å². The molecule has 1 unspecified atom stereocenters. The zero-order valence-electron chi connectivity index (χ0n) is 21.1. The van der Waals surface area contributed by atoms with Gasteiger partial charge in [0.25, 0.3) is 0 Å². The summed E-state index contributed by atoms with van der Waals surface area (Å²) in [6.45, 7) is 4.02. The van der Waals surface area contributed by atoms with Gasteiger partial charge in [-0.3, -0.25) is 20.1 Å². The van der Waals surface area contributed by atoms with Crippen molar-refractivity contribution in [3.63, 3.8) is 0 Å². The lowest BCUT2D eigenvalue weighted by Crippen LogP contribution is -2.20. The summed E-state index contributed by atoms with van der Waals surface area (Å²) >= 11 is 0. The molecule has 0 aliphatic rings. The summed E-state index contributed by atoms with van der Waals surface area (Å²) in [5, 5.41) is 20.6. The van der Waals surface area contributed by atoms with Gasteiger partial charge in [0.1, 0.15) is 28.9 Å². The average molecular weight is 527 g/mol. The number of aliphatic hydroxyl groups is 1. The first-order valence-electron chi connectivity index (χ1n) is 12.4. The molecule has 0 spiro atoms. The first-order chi connectivity index (χ1) is 18.9. The quantitative estimate of drug-likeness (QED) is 0.197. The Kier molecular flexibility index (Phi) is 6.20. The zero-order valence-corrected chi connectivity index (χ0v) is 21.1. The number of imidazole rings is 1. The minimum absolute atomic E-state index is 0.0814. The van der Waals surface area contributed by atoms with Crippen LogP contribution in [0.4, 0.5) is 14.5 Å². The van der Waals surface area contributed by atoms with Crippen LogP contribution in [-0.2, 0) is 0 Å². The molecule has 5 aromatic heterocycles. The maximum absolute atomic E-state index is 16.0. The Hall–Kier alpha value is -4.77. The van der Waals surface area contributed by atoms with Gasteiger partial charge in [-0.2, -0.15) is 5.10 Å². The lowest BCUT2D eigenvalue weighted by Gasteiger charge is -2.16. The molecule has 196 valence electrons.